The molecule has 7 heteroatoms. The van der Waals surface area contributed by atoms with Gasteiger partial charge in [-0.05, 0) is 50.2 Å². The Morgan fingerprint density at radius 3 is 2.77 bits per heavy atom. The van der Waals surface area contributed by atoms with E-state index in [1.54, 1.807) is 43.0 Å². The number of carbonyl (C=O) groups excluding carboxylic acids is 2. The molecule has 136 valence electrons. The summed E-state index contributed by atoms with van der Waals surface area (Å²) >= 11 is 9.44. The third-order valence-electron chi connectivity index (χ3n) is 4.01. The summed E-state index contributed by atoms with van der Waals surface area (Å²) in [6, 6.07) is 12.5. The second kappa shape index (κ2) is 7.29. The normalized spacial score (nSPS) is 15.2. The number of halogens is 2. The monoisotopic (exact) mass is 436 g/mol. The van der Waals surface area contributed by atoms with Gasteiger partial charge in [0.25, 0.3) is 5.91 Å². The van der Waals surface area contributed by atoms with E-state index < -0.39 is 5.60 Å². The Morgan fingerprint density at radius 2 is 2.04 bits per heavy atom. The lowest BCUT2D eigenvalue weighted by Gasteiger charge is -2.38. The van der Waals surface area contributed by atoms with E-state index in [4.69, 9.17) is 16.3 Å². The predicted octanol–water partition coefficient (Wildman–Crippen LogP) is 4.64. The van der Waals surface area contributed by atoms with Crippen molar-refractivity contribution in [1.82, 2.24) is 0 Å². The van der Waals surface area contributed by atoms with E-state index in [1.807, 2.05) is 18.2 Å². The van der Waals surface area contributed by atoms with Crippen LogP contribution in [0.4, 0.5) is 11.4 Å². The molecule has 0 aliphatic carbocycles. The molecule has 0 aromatic heterocycles. The first-order valence-electron chi connectivity index (χ1n) is 8.12. The molecule has 3 rings (SSSR count). The molecule has 0 bridgehead atoms. The second-order valence-corrected chi connectivity index (χ2v) is 7.84. The highest BCUT2D eigenvalue weighted by molar-refractivity contribution is 9.10. The summed E-state index contributed by atoms with van der Waals surface area (Å²) < 4.78 is 6.66. The van der Waals surface area contributed by atoms with Crippen molar-refractivity contribution in [2.45, 2.75) is 25.9 Å². The SMILES string of the molecule is CC1(C)Oc2ccc(Cl)cc2N(CCC(=O)Nc2cccc(Br)c2)C1=O. The van der Waals surface area contributed by atoms with Crippen molar-refractivity contribution in [3.05, 3.63) is 52.0 Å². The third kappa shape index (κ3) is 4.02. The van der Waals surface area contributed by atoms with Gasteiger partial charge >= 0.3 is 0 Å². The number of hydrogen-bond acceptors (Lipinski definition) is 3. The van der Waals surface area contributed by atoms with Crippen LogP contribution >= 0.6 is 27.5 Å². The maximum atomic E-state index is 12.8. The first-order chi connectivity index (χ1) is 12.3. The molecular formula is C19H18BrClN2O3. The van der Waals surface area contributed by atoms with Crippen LogP contribution in [0.3, 0.4) is 0 Å². The Hall–Kier alpha value is -2.05. The molecule has 0 saturated heterocycles. The highest BCUT2D eigenvalue weighted by Gasteiger charge is 2.40. The maximum absolute atomic E-state index is 12.8. The minimum Gasteiger partial charge on any atom is -0.476 e. The Kier molecular flexibility index (Phi) is 5.25. The van der Waals surface area contributed by atoms with E-state index in [2.05, 4.69) is 21.2 Å². The Labute approximate surface area is 165 Å². The average molecular weight is 438 g/mol. The minimum absolute atomic E-state index is 0.153. The summed E-state index contributed by atoms with van der Waals surface area (Å²) in [6.07, 6.45) is 0.153. The number of amides is 2. The molecule has 0 saturated carbocycles. The van der Waals surface area contributed by atoms with Crippen LogP contribution in [0.1, 0.15) is 20.3 Å². The fourth-order valence-electron chi connectivity index (χ4n) is 2.77. The molecular weight excluding hydrogens is 420 g/mol. The van der Waals surface area contributed by atoms with Crippen molar-refractivity contribution in [1.29, 1.82) is 0 Å². The fraction of sp³-hybridized carbons (Fsp3) is 0.263. The molecule has 2 aromatic rings. The van der Waals surface area contributed by atoms with Gasteiger partial charge in [0, 0.05) is 28.1 Å². The van der Waals surface area contributed by atoms with E-state index >= 15 is 0 Å². The summed E-state index contributed by atoms with van der Waals surface area (Å²) in [5, 5.41) is 3.33. The molecule has 0 fully saturated rings. The van der Waals surface area contributed by atoms with Crippen LogP contribution in [0.15, 0.2) is 46.9 Å². The standard InChI is InChI=1S/C19H18BrClN2O3/c1-19(2)18(25)23(15-11-13(21)6-7-16(15)26-19)9-8-17(24)22-14-5-3-4-12(20)10-14/h3-7,10-11H,8-9H2,1-2H3,(H,22,24). The number of rotatable bonds is 4. The molecule has 2 amide bonds. The number of ether oxygens (including phenoxy) is 1. The zero-order valence-electron chi connectivity index (χ0n) is 14.4. The zero-order valence-corrected chi connectivity index (χ0v) is 16.7. The van der Waals surface area contributed by atoms with E-state index in [1.165, 1.54) is 0 Å². The molecule has 0 unspecified atom stereocenters. The van der Waals surface area contributed by atoms with Crippen LogP contribution < -0.4 is 15.0 Å². The summed E-state index contributed by atoms with van der Waals surface area (Å²) in [6.45, 7) is 3.65. The number of benzene rings is 2. The van der Waals surface area contributed by atoms with Crippen LogP contribution in [-0.4, -0.2) is 24.0 Å². The van der Waals surface area contributed by atoms with E-state index in [0.29, 0.717) is 22.1 Å². The van der Waals surface area contributed by atoms with Crippen molar-refractivity contribution < 1.29 is 14.3 Å². The van der Waals surface area contributed by atoms with Gasteiger partial charge in [-0.2, -0.15) is 0 Å². The van der Waals surface area contributed by atoms with E-state index in [-0.39, 0.29) is 24.8 Å². The molecule has 0 spiro atoms. The lowest BCUT2D eigenvalue weighted by Crippen LogP contribution is -2.53. The van der Waals surface area contributed by atoms with Gasteiger partial charge in [-0.25, -0.2) is 0 Å². The van der Waals surface area contributed by atoms with Gasteiger partial charge in [-0.3, -0.25) is 9.59 Å². The molecule has 1 aliphatic rings. The molecule has 0 atom stereocenters. The zero-order chi connectivity index (χ0) is 18.9. The minimum atomic E-state index is -0.998. The third-order valence-corrected chi connectivity index (χ3v) is 4.74. The molecule has 26 heavy (non-hydrogen) atoms. The van der Waals surface area contributed by atoms with Crippen LogP contribution in [0.5, 0.6) is 5.75 Å². The second-order valence-electron chi connectivity index (χ2n) is 6.49. The number of nitrogens with one attached hydrogen (secondary N) is 1. The van der Waals surface area contributed by atoms with Crippen molar-refractivity contribution >= 4 is 50.7 Å². The van der Waals surface area contributed by atoms with Gasteiger partial charge in [-0.1, -0.05) is 33.6 Å². The highest BCUT2D eigenvalue weighted by atomic mass is 79.9. The summed E-state index contributed by atoms with van der Waals surface area (Å²) in [5.41, 5.74) is 0.278. The number of hydrogen-bond donors (Lipinski definition) is 1. The Balaban J connectivity index is 1.75. The Bertz CT molecular complexity index is 870. The maximum Gasteiger partial charge on any atom is 0.270 e. The van der Waals surface area contributed by atoms with Gasteiger partial charge in [0.1, 0.15) is 5.75 Å². The number of anilines is 2. The molecule has 0 radical (unpaired) electrons. The van der Waals surface area contributed by atoms with Gasteiger partial charge in [0.15, 0.2) is 5.60 Å². The molecule has 1 aliphatic heterocycles. The predicted molar refractivity (Wildman–Crippen MR) is 106 cm³/mol. The quantitative estimate of drug-likeness (QED) is 0.758. The van der Waals surface area contributed by atoms with E-state index in [9.17, 15) is 9.59 Å². The fourth-order valence-corrected chi connectivity index (χ4v) is 3.33. The Morgan fingerprint density at radius 1 is 1.27 bits per heavy atom. The van der Waals surface area contributed by atoms with E-state index in [0.717, 1.165) is 4.47 Å². The van der Waals surface area contributed by atoms with Crippen molar-refractivity contribution in [3.63, 3.8) is 0 Å². The van der Waals surface area contributed by atoms with Crippen molar-refractivity contribution in [3.8, 4) is 5.75 Å². The summed E-state index contributed by atoms with van der Waals surface area (Å²) in [7, 11) is 0. The van der Waals surface area contributed by atoms with Crippen LogP contribution in [0.2, 0.25) is 5.02 Å². The number of carbonyl (C=O) groups is 2. The highest BCUT2D eigenvalue weighted by Crippen LogP contribution is 2.39. The van der Waals surface area contributed by atoms with Gasteiger partial charge in [0.05, 0.1) is 5.69 Å². The van der Waals surface area contributed by atoms with Gasteiger partial charge < -0.3 is 15.0 Å². The topological polar surface area (TPSA) is 58.6 Å². The molecule has 1 heterocycles. The number of nitrogens with zero attached hydrogens (tertiary/aromatic N) is 1. The first kappa shape index (κ1) is 18.7. The molecule has 5 nitrogen and oxygen atoms in total. The van der Waals surface area contributed by atoms with Gasteiger partial charge in [0.2, 0.25) is 5.91 Å². The lowest BCUT2D eigenvalue weighted by atomic mass is 10.0. The number of fused-ring (bicyclic) bond motifs is 1. The average Bonchev–Trinajstić information content (AvgIpc) is 2.56. The smallest absolute Gasteiger partial charge is 0.270 e. The molecule has 2 aromatic carbocycles. The largest absolute Gasteiger partial charge is 0.476 e. The lowest BCUT2D eigenvalue weighted by molar-refractivity contribution is -0.132. The van der Waals surface area contributed by atoms with Crippen LogP contribution in [-0.2, 0) is 9.59 Å². The van der Waals surface area contributed by atoms with Crippen molar-refractivity contribution in [2.24, 2.45) is 0 Å². The summed E-state index contributed by atoms with van der Waals surface area (Å²) in [4.78, 5) is 26.6. The summed E-state index contributed by atoms with van der Waals surface area (Å²) in [5.74, 6) is 0.192. The van der Waals surface area contributed by atoms with Crippen LogP contribution in [0, 0.1) is 0 Å². The van der Waals surface area contributed by atoms with Gasteiger partial charge in [-0.15, -0.1) is 0 Å². The van der Waals surface area contributed by atoms with Crippen molar-refractivity contribution in [2.75, 3.05) is 16.8 Å². The molecule has 1 N–H and O–H groups in total. The first-order valence-corrected chi connectivity index (χ1v) is 9.29. The van der Waals surface area contributed by atoms with Crippen LogP contribution in [0.25, 0.3) is 0 Å².